The average molecular weight is 390 g/mol. The van der Waals surface area contributed by atoms with Gasteiger partial charge in [0.25, 0.3) is 5.91 Å². The highest BCUT2D eigenvalue weighted by Gasteiger charge is 2.51. The Labute approximate surface area is 163 Å². The number of methoxy groups -OCH3 is 1. The first-order chi connectivity index (χ1) is 13.3. The van der Waals surface area contributed by atoms with Gasteiger partial charge in [-0.3, -0.25) is 19.8 Å². The van der Waals surface area contributed by atoms with E-state index in [1.54, 1.807) is 26.2 Å². The van der Waals surface area contributed by atoms with Gasteiger partial charge in [-0.15, -0.1) is 0 Å². The van der Waals surface area contributed by atoms with E-state index in [0.717, 1.165) is 10.5 Å². The number of nitrogens with zero attached hydrogens (tertiary/aromatic N) is 1. The lowest BCUT2D eigenvalue weighted by Crippen LogP contribution is -2.47. The van der Waals surface area contributed by atoms with Gasteiger partial charge in [-0.2, -0.15) is 0 Å². The smallest absolute Gasteiger partial charge is 0.325 e. The van der Waals surface area contributed by atoms with E-state index in [4.69, 9.17) is 4.74 Å². The zero-order valence-electron chi connectivity index (χ0n) is 16.3. The molecule has 0 bridgehead atoms. The van der Waals surface area contributed by atoms with E-state index in [-0.39, 0.29) is 0 Å². The summed E-state index contributed by atoms with van der Waals surface area (Å²) in [5, 5.41) is 7.32. The maximum atomic E-state index is 13.0. The first-order valence-electron chi connectivity index (χ1n) is 9.12. The third-order valence-corrected chi connectivity index (χ3v) is 4.62. The molecule has 6 amide bonds. The number of urea groups is 2. The minimum absolute atomic E-state index is 0.332. The van der Waals surface area contributed by atoms with Crippen LogP contribution in [0.1, 0.15) is 30.9 Å². The van der Waals surface area contributed by atoms with Gasteiger partial charge in [0.2, 0.25) is 5.91 Å². The quantitative estimate of drug-likeness (QED) is 0.452. The van der Waals surface area contributed by atoms with Crippen molar-refractivity contribution < 1.29 is 23.9 Å². The van der Waals surface area contributed by atoms with Crippen LogP contribution < -0.4 is 16.0 Å². The molecule has 152 valence electrons. The molecule has 1 heterocycles. The monoisotopic (exact) mass is 390 g/mol. The van der Waals surface area contributed by atoms with Crippen LogP contribution >= 0.6 is 0 Å². The Balaban J connectivity index is 2.01. The number of rotatable bonds is 8. The molecule has 1 fully saturated rings. The molecule has 0 aromatic heterocycles. The molecule has 2 rings (SSSR count). The fraction of sp³-hybridized carbons (Fsp3) is 0.474. The number of hydrogen-bond acceptors (Lipinski definition) is 5. The Kier molecular flexibility index (Phi) is 7.11. The van der Waals surface area contributed by atoms with Crippen LogP contribution in [0.15, 0.2) is 24.3 Å². The first kappa shape index (κ1) is 21.4. The van der Waals surface area contributed by atoms with Gasteiger partial charge < -0.3 is 15.4 Å². The molecule has 9 nitrogen and oxygen atoms in total. The number of carbonyl (C=O) groups excluding carboxylic acids is 4. The Morgan fingerprint density at radius 1 is 1.21 bits per heavy atom. The van der Waals surface area contributed by atoms with Crippen molar-refractivity contribution in [3.05, 3.63) is 35.4 Å². The van der Waals surface area contributed by atoms with E-state index in [1.807, 2.05) is 19.1 Å². The van der Waals surface area contributed by atoms with Crippen molar-refractivity contribution in [1.29, 1.82) is 0 Å². The third kappa shape index (κ3) is 4.66. The summed E-state index contributed by atoms with van der Waals surface area (Å²) in [5.41, 5.74) is 0.463. The SMILES string of the molecule is CC[C@]1(c2ccc(C)cc2)NC(=O)N(CC(=O)NC(=O)NCCCOC)C1=O. The number of nitrogens with one attached hydrogen (secondary N) is 3. The predicted molar refractivity (Wildman–Crippen MR) is 101 cm³/mol. The maximum absolute atomic E-state index is 13.0. The molecule has 1 aliphatic heterocycles. The van der Waals surface area contributed by atoms with Crippen LogP contribution in [0.25, 0.3) is 0 Å². The fourth-order valence-electron chi connectivity index (χ4n) is 3.02. The predicted octanol–water partition coefficient (Wildman–Crippen LogP) is 1.01. The highest BCUT2D eigenvalue weighted by atomic mass is 16.5. The molecule has 0 radical (unpaired) electrons. The van der Waals surface area contributed by atoms with Gasteiger partial charge in [0.05, 0.1) is 0 Å². The molecule has 0 aliphatic carbocycles. The second-order valence-electron chi connectivity index (χ2n) is 6.60. The molecule has 28 heavy (non-hydrogen) atoms. The van der Waals surface area contributed by atoms with Crippen molar-refractivity contribution in [2.45, 2.75) is 32.2 Å². The van der Waals surface area contributed by atoms with Crippen molar-refractivity contribution in [3.63, 3.8) is 0 Å². The highest BCUT2D eigenvalue weighted by molar-refractivity contribution is 6.10. The Hall–Kier alpha value is -2.94. The summed E-state index contributed by atoms with van der Waals surface area (Å²) in [7, 11) is 1.55. The Morgan fingerprint density at radius 3 is 2.50 bits per heavy atom. The van der Waals surface area contributed by atoms with Gasteiger partial charge in [-0.1, -0.05) is 36.8 Å². The van der Waals surface area contributed by atoms with Gasteiger partial charge in [0.1, 0.15) is 12.1 Å². The lowest BCUT2D eigenvalue weighted by Gasteiger charge is -2.25. The number of carbonyl (C=O) groups is 4. The number of ether oxygens (including phenoxy) is 1. The lowest BCUT2D eigenvalue weighted by molar-refractivity contribution is -0.135. The van der Waals surface area contributed by atoms with E-state index in [2.05, 4.69) is 16.0 Å². The summed E-state index contributed by atoms with van der Waals surface area (Å²) in [6.45, 7) is 3.99. The van der Waals surface area contributed by atoms with E-state index < -0.39 is 36.0 Å². The van der Waals surface area contributed by atoms with E-state index in [9.17, 15) is 19.2 Å². The largest absolute Gasteiger partial charge is 0.385 e. The van der Waals surface area contributed by atoms with Crippen LogP contribution in [0.4, 0.5) is 9.59 Å². The molecule has 1 aromatic rings. The second kappa shape index (κ2) is 9.32. The Morgan fingerprint density at radius 2 is 1.89 bits per heavy atom. The molecule has 3 N–H and O–H groups in total. The molecule has 0 saturated carbocycles. The molecular weight excluding hydrogens is 364 g/mol. The fourth-order valence-corrected chi connectivity index (χ4v) is 3.02. The van der Waals surface area contributed by atoms with Crippen LogP contribution in [0.5, 0.6) is 0 Å². The van der Waals surface area contributed by atoms with Crippen LogP contribution in [0.3, 0.4) is 0 Å². The summed E-state index contributed by atoms with van der Waals surface area (Å²) in [6.07, 6.45) is 0.930. The summed E-state index contributed by atoms with van der Waals surface area (Å²) in [6, 6.07) is 5.93. The van der Waals surface area contributed by atoms with Gasteiger partial charge in [0, 0.05) is 20.3 Å². The van der Waals surface area contributed by atoms with Crippen LogP contribution in [0, 0.1) is 6.92 Å². The standard InChI is InChI=1S/C19H26N4O5/c1-4-19(14-8-6-13(2)7-9-14)16(25)23(18(27)22-19)12-15(24)21-17(26)20-10-5-11-28-3/h6-9H,4-5,10-12H2,1-3H3,(H,22,27)(H2,20,21,24,26)/t19-/m1/s1. The zero-order valence-corrected chi connectivity index (χ0v) is 16.3. The normalized spacial score (nSPS) is 18.8. The van der Waals surface area contributed by atoms with Crippen molar-refractivity contribution in [2.24, 2.45) is 0 Å². The number of benzene rings is 1. The van der Waals surface area contributed by atoms with E-state index in [1.165, 1.54) is 0 Å². The maximum Gasteiger partial charge on any atom is 0.325 e. The first-order valence-corrected chi connectivity index (χ1v) is 9.12. The van der Waals surface area contributed by atoms with Crippen LogP contribution in [-0.2, 0) is 19.9 Å². The molecule has 0 spiro atoms. The van der Waals surface area contributed by atoms with E-state index in [0.29, 0.717) is 31.6 Å². The molecule has 1 saturated heterocycles. The molecule has 9 heteroatoms. The van der Waals surface area contributed by atoms with Crippen LogP contribution in [0.2, 0.25) is 0 Å². The van der Waals surface area contributed by atoms with E-state index >= 15 is 0 Å². The summed E-state index contributed by atoms with van der Waals surface area (Å²) in [5.74, 6) is -1.26. The Bertz CT molecular complexity index is 749. The summed E-state index contributed by atoms with van der Waals surface area (Å²) < 4.78 is 4.86. The molecule has 0 unspecified atom stereocenters. The summed E-state index contributed by atoms with van der Waals surface area (Å²) >= 11 is 0. The van der Waals surface area contributed by atoms with Crippen molar-refractivity contribution in [3.8, 4) is 0 Å². The minimum Gasteiger partial charge on any atom is -0.385 e. The molecular formula is C19H26N4O5. The van der Waals surface area contributed by atoms with Crippen molar-refractivity contribution >= 4 is 23.9 Å². The number of hydrogen-bond donors (Lipinski definition) is 3. The topological polar surface area (TPSA) is 117 Å². The number of imide groups is 2. The van der Waals surface area contributed by atoms with Crippen molar-refractivity contribution in [2.75, 3.05) is 26.8 Å². The zero-order chi connectivity index (χ0) is 20.7. The average Bonchev–Trinajstić information content (AvgIpc) is 2.91. The number of aryl methyl sites for hydroxylation is 1. The third-order valence-electron chi connectivity index (χ3n) is 4.62. The second-order valence-corrected chi connectivity index (χ2v) is 6.60. The van der Waals surface area contributed by atoms with Crippen molar-refractivity contribution in [1.82, 2.24) is 20.9 Å². The van der Waals surface area contributed by atoms with Gasteiger partial charge in [-0.25, -0.2) is 9.59 Å². The summed E-state index contributed by atoms with van der Waals surface area (Å²) in [4.78, 5) is 50.0. The molecule has 1 aliphatic rings. The molecule has 1 atom stereocenters. The lowest BCUT2D eigenvalue weighted by atomic mass is 9.87. The van der Waals surface area contributed by atoms with Gasteiger partial charge in [-0.05, 0) is 25.3 Å². The van der Waals surface area contributed by atoms with Crippen LogP contribution in [-0.4, -0.2) is 55.6 Å². The highest BCUT2D eigenvalue weighted by Crippen LogP contribution is 2.32. The van der Waals surface area contributed by atoms with Gasteiger partial charge in [0.15, 0.2) is 0 Å². The minimum atomic E-state index is -1.21. The number of amides is 6. The molecule has 1 aromatic carbocycles. The van der Waals surface area contributed by atoms with Gasteiger partial charge >= 0.3 is 12.1 Å².